The van der Waals surface area contributed by atoms with Gasteiger partial charge in [-0.05, 0) is 53.5 Å². The van der Waals surface area contributed by atoms with Crippen molar-refractivity contribution in [2.45, 2.75) is 31.7 Å². The zero-order valence-electron chi connectivity index (χ0n) is 17.0. The molecule has 3 heteroatoms. The molecule has 0 fully saturated rings. The summed E-state index contributed by atoms with van der Waals surface area (Å²) >= 11 is 0. The van der Waals surface area contributed by atoms with E-state index in [-0.39, 0.29) is 5.92 Å². The Bertz CT molecular complexity index is 1080. The van der Waals surface area contributed by atoms with Gasteiger partial charge in [-0.1, -0.05) is 72.8 Å². The number of imidazole rings is 1. The van der Waals surface area contributed by atoms with E-state index in [1.165, 1.54) is 16.7 Å². The van der Waals surface area contributed by atoms with Crippen LogP contribution >= 0.6 is 0 Å². The number of benzene rings is 3. The summed E-state index contributed by atoms with van der Waals surface area (Å²) < 4.78 is 2.24. The van der Waals surface area contributed by atoms with Crippen LogP contribution in [0.5, 0.6) is 5.75 Å². The minimum atomic E-state index is 0.137. The highest BCUT2D eigenvalue weighted by atomic mass is 16.3. The van der Waals surface area contributed by atoms with Crippen molar-refractivity contribution in [1.82, 2.24) is 9.55 Å². The molecule has 1 heterocycles. The van der Waals surface area contributed by atoms with Gasteiger partial charge in [-0.25, -0.2) is 4.98 Å². The van der Waals surface area contributed by atoms with Crippen molar-refractivity contribution in [2.75, 3.05) is 0 Å². The summed E-state index contributed by atoms with van der Waals surface area (Å²) in [6.45, 7) is 0.957. The van der Waals surface area contributed by atoms with Gasteiger partial charge in [0.05, 0.1) is 17.9 Å². The Morgan fingerprint density at radius 2 is 1.60 bits per heavy atom. The number of hydrogen-bond donors (Lipinski definition) is 1. The number of aromatic hydroxyl groups is 1. The molecule has 1 N–H and O–H groups in total. The van der Waals surface area contributed by atoms with Gasteiger partial charge >= 0.3 is 0 Å². The fraction of sp³-hybridized carbons (Fsp3) is 0.222. The quantitative estimate of drug-likeness (QED) is 0.480. The molecule has 1 aromatic heterocycles. The first kappa shape index (κ1) is 18.7. The van der Waals surface area contributed by atoms with Crippen LogP contribution in [0.25, 0.3) is 0 Å². The molecule has 5 rings (SSSR count). The third-order valence-corrected chi connectivity index (χ3v) is 6.24. The fourth-order valence-electron chi connectivity index (χ4n) is 4.77. The Hall–Kier alpha value is -3.33. The van der Waals surface area contributed by atoms with Crippen LogP contribution < -0.4 is 0 Å². The monoisotopic (exact) mass is 394 g/mol. The average Bonchev–Trinajstić information content (AvgIpc) is 3.23. The predicted molar refractivity (Wildman–Crippen MR) is 120 cm³/mol. The van der Waals surface area contributed by atoms with E-state index in [9.17, 15) is 5.11 Å². The summed E-state index contributed by atoms with van der Waals surface area (Å²) in [5.41, 5.74) is 6.03. The van der Waals surface area contributed by atoms with Crippen LogP contribution in [-0.4, -0.2) is 14.7 Å². The lowest BCUT2D eigenvalue weighted by molar-refractivity contribution is 0.384. The van der Waals surface area contributed by atoms with Crippen LogP contribution in [0.2, 0.25) is 0 Å². The van der Waals surface area contributed by atoms with Gasteiger partial charge in [0.15, 0.2) is 0 Å². The summed E-state index contributed by atoms with van der Waals surface area (Å²) in [5.74, 6) is 1.15. The van der Waals surface area contributed by atoms with Crippen molar-refractivity contribution >= 4 is 0 Å². The summed E-state index contributed by atoms with van der Waals surface area (Å²) in [4.78, 5) is 4.82. The maximum atomic E-state index is 10.1. The van der Waals surface area contributed by atoms with E-state index in [0.717, 1.165) is 37.1 Å². The first-order valence-electron chi connectivity index (χ1n) is 10.7. The van der Waals surface area contributed by atoms with E-state index >= 15 is 0 Å². The van der Waals surface area contributed by atoms with Crippen LogP contribution in [0.3, 0.4) is 0 Å². The van der Waals surface area contributed by atoms with E-state index in [2.05, 4.69) is 77.5 Å². The van der Waals surface area contributed by atoms with Crippen LogP contribution in [0, 0.1) is 5.92 Å². The number of fused-ring (bicyclic) bond motifs is 1. The van der Waals surface area contributed by atoms with Gasteiger partial charge in [0.1, 0.15) is 5.75 Å². The molecule has 3 aromatic carbocycles. The molecule has 3 nitrogen and oxygen atoms in total. The number of aromatic nitrogens is 2. The molecule has 1 aliphatic rings. The van der Waals surface area contributed by atoms with Gasteiger partial charge in [-0.15, -0.1) is 0 Å². The highest BCUT2D eigenvalue weighted by Gasteiger charge is 2.23. The maximum absolute atomic E-state index is 10.1. The van der Waals surface area contributed by atoms with Gasteiger partial charge in [-0.2, -0.15) is 0 Å². The van der Waals surface area contributed by atoms with Gasteiger partial charge < -0.3 is 9.67 Å². The molecule has 30 heavy (non-hydrogen) atoms. The van der Waals surface area contributed by atoms with E-state index < -0.39 is 0 Å². The molecule has 1 aliphatic carbocycles. The van der Waals surface area contributed by atoms with Crippen molar-refractivity contribution in [3.05, 3.63) is 119 Å². The van der Waals surface area contributed by atoms with Crippen molar-refractivity contribution in [1.29, 1.82) is 0 Å². The van der Waals surface area contributed by atoms with E-state index in [1.54, 1.807) is 6.07 Å². The minimum Gasteiger partial charge on any atom is -0.508 e. The largest absolute Gasteiger partial charge is 0.508 e. The van der Waals surface area contributed by atoms with Gasteiger partial charge in [0.2, 0.25) is 0 Å². The molecular weight excluding hydrogens is 368 g/mol. The van der Waals surface area contributed by atoms with Crippen molar-refractivity contribution in [2.24, 2.45) is 5.92 Å². The van der Waals surface area contributed by atoms with Crippen molar-refractivity contribution in [3.63, 3.8) is 0 Å². The first-order chi connectivity index (χ1) is 14.8. The van der Waals surface area contributed by atoms with E-state index in [1.807, 2.05) is 12.4 Å². The topological polar surface area (TPSA) is 38.0 Å². The summed E-state index contributed by atoms with van der Waals surface area (Å²) in [6.07, 6.45) is 7.25. The lowest BCUT2D eigenvalue weighted by Crippen LogP contribution is -2.19. The Morgan fingerprint density at radius 3 is 2.30 bits per heavy atom. The summed E-state index contributed by atoms with van der Waals surface area (Å²) in [5, 5.41) is 10.1. The van der Waals surface area contributed by atoms with Gasteiger partial charge in [-0.3, -0.25) is 0 Å². The molecule has 1 unspecified atom stereocenters. The third kappa shape index (κ3) is 3.76. The SMILES string of the molecule is Oc1cccc2c1CCC(Cn1cnc(C(c3ccccc3)c3ccccc3)c1)C2. The molecule has 0 amide bonds. The lowest BCUT2D eigenvalue weighted by atomic mass is 9.83. The molecule has 4 aromatic rings. The standard InChI is InChI=1S/C27H26N2O/c30-26-13-7-12-23-16-20(14-15-24(23)26)17-29-18-25(28-19-29)27(21-8-3-1-4-9-21)22-10-5-2-6-11-22/h1-13,18-20,27,30H,14-17H2. The Balaban J connectivity index is 1.39. The highest BCUT2D eigenvalue weighted by Crippen LogP contribution is 2.33. The Kier molecular flexibility index (Phi) is 5.10. The predicted octanol–water partition coefficient (Wildman–Crippen LogP) is 5.57. The van der Waals surface area contributed by atoms with E-state index in [4.69, 9.17) is 4.98 Å². The number of hydrogen-bond acceptors (Lipinski definition) is 2. The molecular formula is C27H26N2O. The zero-order valence-corrected chi connectivity index (χ0v) is 17.0. The van der Waals surface area contributed by atoms with Gasteiger partial charge in [0.25, 0.3) is 0 Å². The minimum absolute atomic E-state index is 0.137. The second-order valence-corrected chi connectivity index (χ2v) is 8.27. The number of phenols is 1. The number of phenolic OH excluding ortho intramolecular Hbond substituents is 1. The normalized spacial score (nSPS) is 15.8. The molecule has 150 valence electrons. The smallest absolute Gasteiger partial charge is 0.119 e. The fourth-order valence-corrected chi connectivity index (χ4v) is 4.77. The molecule has 0 bridgehead atoms. The lowest BCUT2D eigenvalue weighted by Gasteiger charge is -2.25. The molecule has 0 saturated heterocycles. The highest BCUT2D eigenvalue weighted by molar-refractivity contribution is 5.41. The molecule has 0 spiro atoms. The Morgan fingerprint density at radius 1 is 0.900 bits per heavy atom. The van der Waals surface area contributed by atoms with Crippen LogP contribution in [0.4, 0.5) is 0 Å². The van der Waals surface area contributed by atoms with Crippen LogP contribution in [-0.2, 0) is 19.4 Å². The first-order valence-corrected chi connectivity index (χ1v) is 10.7. The molecule has 0 aliphatic heterocycles. The van der Waals surface area contributed by atoms with Crippen LogP contribution in [0.15, 0.2) is 91.4 Å². The maximum Gasteiger partial charge on any atom is 0.119 e. The van der Waals surface area contributed by atoms with E-state index in [0.29, 0.717) is 11.7 Å². The number of nitrogens with zero attached hydrogens (tertiary/aromatic N) is 2. The van der Waals surface area contributed by atoms with Crippen LogP contribution in [0.1, 0.15) is 40.3 Å². The summed E-state index contributed by atoms with van der Waals surface area (Å²) in [6, 6.07) is 27.1. The third-order valence-electron chi connectivity index (χ3n) is 6.24. The summed E-state index contributed by atoms with van der Waals surface area (Å²) in [7, 11) is 0. The second kappa shape index (κ2) is 8.19. The average molecular weight is 395 g/mol. The Labute approximate surface area is 177 Å². The molecule has 1 atom stereocenters. The second-order valence-electron chi connectivity index (χ2n) is 8.27. The molecule has 0 saturated carbocycles. The zero-order chi connectivity index (χ0) is 20.3. The molecule has 0 radical (unpaired) electrons. The number of rotatable bonds is 5. The van der Waals surface area contributed by atoms with Crippen molar-refractivity contribution in [3.8, 4) is 5.75 Å². The van der Waals surface area contributed by atoms with Gasteiger partial charge in [0, 0.05) is 12.7 Å². The van der Waals surface area contributed by atoms with Crippen molar-refractivity contribution < 1.29 is 5.11 Å².